The van der Waals surface area contributed by atoms with E-state index < -0.39 is 0 Å². The molecule has 3 aliphatic rings. The number of hydrogen-bond acceptors (Lipinski definition) is 7. The molecule has 1 aromatic heterocycles. The van der Waals surface area contributed by atoms with Crippen LogP contribution in [0.15, 0.2) is 36.5 Å². The maximum atomic E-state index is 13.4. The molecule has 2 bridgehead atoms. The van der Waals surface area contributed by atoms with Gasteiger partial charge in [0, 0.05) is 30.8 Å². The molecule has 0 radical (unpaired) electrons. The maximum Gasteiger partial charge on any atom is 0.241 e. The summed E-state index contributed by atoms with van der Waals surface area (Å²) in [5.41, 5.74) is 3.45. The van der Waals surface area contributed by atoms with Crippen molar-refractivity contribution in [2.45, 2.75) is 43.8 Å². The van der Waals surface area contributed by atoms with Crippen molar-refractivity contribution in [2.75, 3.05) is 25.5 Å². The van der Waals surface area contributed by atoms with Crippen molar-refractivity contribution in [3.05, 3.63) is 47.7 Å². The summed E-state index contributed by atoms with van der Waals surface area (Å²) in [5, 5.41) is 0. The molecule has 4 heterocycles. The van der Waals surface area contributed by atoms with Gasteiger partial charge in [-0.3, -0.25) is 4.79 Å². The van der Waals surface area contributed by atoms with Gasteiger partial charge in [-0.15, -0.1) is 0 Å². The number of piperidine rings is 1. The summed E-state index contributed by atoms with van der Waals surface area (Å²) >= 11 is 1.53. The van der Waals surface area contributed by atoms with E-state index in [0.29, 0.717) is 5.88 Å². The molecule has 158 valence electrons. The van der Waals surface area contributed by atoms with Crippen molar-refractivity contribution in [1.82, 2.24) is 14.2 Å². The highest BCUT2D eigenvalue weighted by molar-refractivity contribution is 7.98. The Labute approximate surface area is 181 Å². The Hall–Kier alpha value is -2.45. The Balaban J connectivity index is 1.42. The van der Waals surface area contributed by atoms with Crippen LogP contribution >= 0.6 is 12.1 Å². The van der Waals surface area contributed by atoms with Gasteiger partial charge in [0.05, 0.1) is 32.1 Å². The van der Waals surface area contributed by atoms with Crippen LogP contribution in [0.5, 0.6) is 11.6 Å². The minimum absolute atomic E-state index is 0.0801. The summed E-state index contributed by atoms with van der Waals surface area (Å²) in [6.07, 6.45) is 5.70. The number of nitrogens with zero attached hydrogens (tertiary/aromatic N) is 3. The number of amides is 1. The third-order valence-electron chi connectivity index (χ3n) is 6.39. The topological polar surface area (TPSA) is 66.9 Å². The van der Waals surface area contributed by atoms with Crippen LogP contribution in [0.2, 0.25) is 0 Å². The Bertz CT molecular complexity index is 938. The predicted octanol–water partition coefficient (Wildman–Crippen LogP) is 3.44. The molecule has 5 rings (SSSR count). The summed E-state index contributed by atoms with van der Waals surface area (Å²) in [6.45, 7) is 0.783. The van der Waals surface area contributed by atoms with Gasteiger partial charge in [0.1, 0.15) is 11.8 Å². The van der Waals surface area contributed by atoms with Crippen molar-refractivity contribution in [3.8, 4) is 11.6 Å². The van der Waals surface area contributed by atoms with Crippen molar-refractivity contribution in [2.24, 2.45) is 0 Å². The normalized spacial score (nSPS) is 25.3. The number of benzene rings is 1. The number of methoxy groups -OCH3 is 2. The number of fused-ring (bicyclic) bond motifs is 6. The van der Waals surface area contributed by atoms with E-state index in [1.807, 2.05) is 18.2 Å². The quantitative estimate of drug-likeness (QED) is 0.735. The number of nitrogens with one attached hydrogen (secondary N) is 1. The van der Waals surface area contributed by atoms with E-state index >= 15 is 0 Å². The van der Waals surface area contributed by atoms with Crippen molar-refractivity contribution < 1.29 is 14.3 Å². The van der Waals surface area contributed by atoms with Gasteiger partial charge in [-0.1, -0.05) is 6.07 Å². The van der Waals surface area contributed by atoms with Crippen LogP contribution in [-0.4, -0.2) is 52.9 Å². The minimum Gasteiger partial charge on any atom is -0.497 e. The van der Waals surface area contributed by atoms with E-state index in [9.17, 15) is 4.79 Å². The van der Waals surface area contributed by atoms with Gasteiger partial charge in [-0.2, -0.15) is 0 Å². The number of ether oxygens (including phenoxy) is 2. The van der Waals surface area contributed by atoms with Gasteiger partial charge < -0.3 is 19.1 Å². The third-order valence-corrected chi connectivity index (χ3v) is 7.45. The lowest BCUT2D eigenvalue weighted by Gasteiger charge is -2.54. The van der Waals surface area contributed by atoms with Crippen LogP contribution in [-0.2, 0) is 11.2 Å². The molecule has 3 aliphatic heterocycles. The minimum atomic E-state index is -0.0801. The Morgan fingerprint density at radius 1 is 1.17 bits per heavy atom. The second kappa shape index (κ2) is 8.00. The number of carbonyl (C=O) groups excluding carboxylic acids is 1. The Kier molecular flexibility index (Phi) is 5.20. The van der Waals surface area contributed by atoms with E-state index in [0.717, 1.165) is 43.7 Å². The van der Waals surface area contributed by atoms with Crippen LogP contribution in [0.25, 0.3) is 0 Å². The van der Waals surface area contributed by atoms with Crippen LogP contribution < -0.4 is 14.2 Å². The van der Waals surface area contributed by atoms with E-state index in [4.69, 9.17) is 9.47 Å². The number of carbonyl (C=O) groups is 1. The molecule has 0 aliphatic carbocycles. The fourth-order valence-electron chi connectivity index (χ4n) is 4.95. The van der Waals surface area contributed by atoms with Gasteiger partial charge >= 0.3 is 0 Å². The molecule has 0 saturated carbocycles. The number of pyridine rings is 1. The average molecular weight is 427 g/mol. The molecule has 3 atom stereocenters. The van der Waals surface area contributed by atoms with Gasteiger partial charge in [0.2, 0.25) is 11.8 Å². The molecule has 2 saturated heterocycles. The van der Waals surface area contributed by atoms with E-state index in [2.05, 4.69) is 31.0 Å². The molecule has 30 heavy (non-hydrogen) atoms. The monoisotopic (exact) mass is 426 g/mol. The lowest BCUT2D eigenvalue weighted by molar-refractivity contribution is -0.149. The van der Waals surface area contributed by atoms with Crippen LogP contribution in [0, 0.1) is 0 Å². The highest BCUT2D eigenvalue weighted by Gasteiger charge is 2.51. The maximum absolute atomic E-state index is 13.4. The smallest absolute Gasteiger partial charge is 0.241 e. The summed E-state index contributed by atoms with van der Waals surface area (Å²) in [7, 11) is 3.30. The number of hydrogen-bond donors (Lipinski definition) is 1. The molecule has 1 aromatic carbocycles. The lowest BCUT2D eigenvalue weighted by atomic mass is 9.80. The average Bonchev–Trinajstić information content (AvgIpc) is 2.80. The van der Waals surface area contributed by atoms with Crippen molar-refractivity contribution >= 4 is 23.7 Å². The highest BCUT2D eigenvalue weighted by atomic mass is 32.2. The molecule has 8 heteroatoms. The molecule has 7 nitrogen and oxygen atoms in total. The summed E-state index contributed by atoms with van der Waals surface area (Å²) in [4.78, 5) is 19.8. The summed E-state index contributed by atoms with van der Waals surface area (Å²) in [5.74, 6) is 1.71. The second-order valence-corrected chi connectivity index (χ2v) is 8.76. The highest BCUT2D eigenvalue weighted by Crippen LogP contribution is 2.47. The van der Waals surface area contributed by atoms with E-state index in [1.54, 1.807) is 20.4 Å². The fourth-order valence-corrected chi connectivity index (χ4v) is 5.96. The predicted molar refractivity (Wildman–Crippen MR) is 116 cm³/mol. The fraction of sp³-hybridized carbons (Fsp3) is 0.455. The molecule has 1 amide bonds. The van der Waals surface area contributed by atoms with E-state index in [-0.39, 0.29) is 24.0 Å². The molecular weight excluding hydrogens is 400 g/mol. The van der Waals surface area contributed by atoms with Crippen LogP contribution in [0.3, 0.4) is 0 Å². The van der Waals surface area contributed by atoms with Gasteiger partial charge in [0.25, 0.3) is 0 Å². The first kappa shape index (κ1) is 19.5. The molecule has 0 spiro atoms. The van der Waals surface area contributed by atoms with E-state index in [1.165, 1.54) is 23.3 Å². The van der Waals surface area contributed by atoms with Gasteiger partial charge in [0.15, 0.2) is 0 Å². The SMILES string of the molecule is COc1ccc2c(c1)CCN1C(=O)C3CCCC(C21)N3SNc1ccc(OC)nc1. The first-order valence-corrected chi connectivity index (χ1v) is 11.2. The molecule has 2 aromatic rings. The van der Waals surface area contributed by atoms with Gasteiger partial charge in [-0.05, 0) is 55.0 Å². The number of anilines is 1. The number of rotatable bonds is 5. The Morgan fingerprint density at radius 3 is 2.83 bits per heavy atom. The molecular formula is C22H26N4O3S. The zero-order chi connectivity index (χ0) is 20.7. The van der Waals surface area contributed by atoms with Gasteiger partial charge in [-0.25, -0.2) is 9.29 Å². The summed E-state index contributed by atoms with van der Waals surface area (Å²) < 4.78 is 16.2. The molecule has 3 unspecified atom stereocenters. The third kappa shape index (κ3) is 3.28. The standard InChI is InChI=1S/C22H26N4O3S/c1-28-16-7-8-17-14(12-16)10-11-25-21(17)18-4-3-5-19(22(25)27)26(18)30-24-15-6-9-20(29-2)23-13-15/h6-9,12-13,18-19,21,24H,3-5,10-11H2,1-2H3. The summed E-state index contributed by atoms with van der Waals surface area (Å²) in [6, 6.07) is 10.3. The first-order valence-electron chi connectivity index (χ1n) is 10.4. The second-order valence-electron chi connectivity index (χ2n) is 7.95. The Morgan fingerprint density at radius 2 is 2.07 bits per heavy atom. The van der Waals surface area contributed by atoms with Crippen molar-refractivity contribution in [1.29, 1.82) is 0 Å². The molecule has 1 N–H and O–H groups in total. The largest absolute Gasteiger partial charge is 0.497 e. The molecule has 2 fully saturated rings. The van der Waals surface area contributed by atoms with Crippen LogP contribution in [0.1, 0.15) is 36.4 Å². The zero-order valence-corrected chi connectivity index (χ0v) is 18.0. The lowest BCUT2D eigenvalue weighted by Crippen LogP contribution is -2.64. The number of piperazine rings is 1. The van der Waals surface area contributed by atoms with Crippen LogP contribution in [0.4, 0.5) is 5.69 Å². The van der Waals surface area contributed by atoms with Crippen molar-refractivity contribution in [3.63, 3.8) is 0 Å². The number of aromatic nitrogens is 1. The first-order chi connectivity index (χ1) is 14.7. The zero-order valence-electron chi connectivity index (χ0n) is 17.2.